The van der Waals surface area contributed by atoms with Crippen LogP contribution in [0.2, 0.25) is 13.1 Å². The second-order valence-electron chi connectivity index (χ2n) is 15.2. The van der Waals surface area contributed by atoms with Gasteiger partial charge in [0.25, 0.3) is 0 Å². The number of aliphatic hydroxyl groups is 2. The highest BCUT2D eigenvalue weighted by Crippen LogP contribution is 2.27. The van der Waals surface area contributed by atoms with Crippen LogP contribution in [0.25, 0.3) is 33.8 Å². The second kappa shape index (κ2) is 21.8. The van der Waals surface area contributed by atoms with E-state index in [2.05, 4.69) is 62.4 Å². The van der Waals surface area contributed by atoms with Crippen LogP contribution < -0.4 is 0 Å². The molecule has 0 aliphatic carbocycles. The number of aliphatic hydroxyl groups excluding tert-OH is 2. The lowest BCUT2D eigenvalue weighted by molar-refractivity contribution is -0.165. The Hall–Kier alpha value is -5.58. The summed E-state index contributed by atoms with van der Waals surface area (Å²) in [5.74, 6) is -3.40. The van der Waals surface area contributed by atoms with Crippen molar-refractivity contribution < 1.29 is 39.6 Å². The van der Waals surface area contributed by atoms with Crippen LogP contribution in [0.3, 0.4) is 0 Å². The number of hydrogen-bond donors (Lipinski definition) is 4. The monoisotopic (exact) mass is 892 g/mol. The number of likely N-dealkylation sites (N-methyl/N-ethyl adjacent to an activating group) is 2. The molecule has 17 heteroatoms. The van der Waals surface area contributed by atoms with Gasteiger partial charge in [0.2, 0.25) is 18.5 Å². The summed E-state index contributed by atoms with van der Waals surface area (Å²) >= 11 is 10.9. The van der Waals surface area contributed by atoms with Crippen molar-refractivity contribution in [1.29, 1.82) is 0 Å². The van der Waals surface area contributed by atoms with E-state index in [4.69, 9.17) is 52.6 Å². The third-order valence-electron chi connectivity index (χ3n) is 8.82. The van der Waals surface area contributed by atoms with Crippen molar-refractivity contribution in [3.05, 3.63) is 119 Å². The highest BCUT2D eigenvalue weighted by Gasteiger charge is 2.29. The predicted molar refractivity (Wildman–Crippen MR) is 241 cm³/mol. The van der Waals surface area contributed by atoms with Crippen LogP contribution in [0.4, 0.5) is 0 Å². The number of rotatable bonds is 9. The molecule has 6 rings (SSSR count). The summed E-state index contributed by atoms with van der Waals surface area (Å²) in [6.07, 6.45) is 0.216. The van der Waals surface area contributed by atoms with Gasteiger partial charge in [0.15, 0.2) is 12.2 Å². The van der Waals surface area contributed by atoms with Crippen molar-refractivity contribution in [3.63, 3.8) is 0 Å². The quantitative estimate of drug-likeness (QED) is 0.0916. The van der Waals surface area contributed by atoms with E-state index >= 15 is 0 Å². The highest BCUT2D eigenvalue weighted by atomic mass is 35.7. The Kier molecular flexibility index (Phi) is 17.8. The minimum atomic E-state index is -2.27. The van der Waals surface area contributed by atoms with Crippen molar-refractivity contribution in [2.45, 2.75) is 65.8 Å². The molecule has 2 atom stereocenters. The molecule has 6 aromatic rings. The number of aliphatic carboxylic acids is 2. The molecule has 14 nitrogen and oxygen atoms in total. The molecular formula is C44H54Cl2N6O8Si. The van der Waals surface area contributed by atoms with Crippen LogP contribution in [0.15, 0.2) is 85.2 Å². The maximum absolute atomic E-state index is 12.3. The van der Waals surface area contributed by atoms with Crippen molar-refractivity contribution in [2.75, 3.05) is 28.2 Å². The summed E-state index contributed by atoms with van der Waals surface area (Å²) in [5, 5.41) is 32.5. The zero-order valence-corrected chi connectivity index (χ0v) is 38.5. The molecule has 0 saturated heterocycles. The Balaban J connectivity index is 0.000000246. The number of amides is 2. The molecule has 61 heavy (non-hydrogen) atoms. The Morgan fingerprint density at radius 1 is 0.574 bits per heavy atom. The maximum Gasteiger partial charge on any atom is 0.335 e. The molecule has 4 aromatic heterocycles. The molecule has 4 N–H and O–H groups in total. The molecule has 2 unspecified atom stereocenters. The predicted octanol–water partition coefficient (Wildman–Crippen LogP) is 6.54. The molecule has 0 aliphatic heterocycles. The van der Waals surface area contributed by atoms with Gasteiger partial charge in [-0.25, -0.2) is 19.6 Å². The summed E-state index contributed by atoms with van der Waals surface area (Å²) in [6.45, 7) is 10.3. The van der Waals surface area contributed by atoms with Crippen LogP contribution in [0.1, 0.15) is 33.6 Å². The number of hydrogen-bond acceptors (Lipinski definition) is 8. The van der Waals surface area contributed by atoms with Crippen LogP contribution >= 0.6 is 22.2 Å². The fourth-order valence-corrected chi connectivity index (χ4v) is 5.49. The number of aryl methyl sites for hydroxylation is 4. The molecule has 2 aromatic carbocycles. The van der Waals surface area contributed by atoms with Crippen molar-refractivity contribution in [2.24, 2.45) is 0 Å². The third-order valence-corrected chi connectivity index (χ3v) is 8.82. The van der Waals surface area contributed by atoms with Gasteiger partial charge in [0, 0.05) is 51.7 Å². The lowest BCUT2D eigenvalue weighted by Gasteiger charge is -2.11. The van der Waals surface area contributed by atoms with Crippen LogP contribution in [0, 0.1) is 27.7 Å². The summed E-state index contributed by atoms with van der Waals surface area (Å²) in [7, 11) is 7.12. The van der Waals surface area contributed by atoms with E-state index in [1.807, 2.05) is 72.4 Å². The number of carbonyl (C=O) groups is 4. The van der Waals surface area contributed by atoms with E-state index < -0.39 is 30.8 Å². The largest absolute Gasteiger partial charge is 0.479 e. The fraction of sp³-hybridized carbons (Fsp3) is 0.318. The summed E-state index contributed by atoms with van der Waals surface area (Å²) in [6, 6.07) is 24.6. The zero-order valence-electron chi connectivity index (χ0n) is 36.0. The van der Waals surface area contributed by atoms with Gasteiger partial charge in [-0.3, -0.25) is 9.59 Å². The normalized spacial score (nSPS) is 11.8. The Morgan fingerprint density at radius 2 is 0.852 bits per heavy atom. The first-order valence-corrected chi connectivity index (χ1v) is 24.1. The minimum Gasteiger partial charge on any atom is -0.479 e. The Morgan fingerprint density at radius 3 is 1.11 bits per heavy atom. The van der Waals surface area contributed by atoms with E-state index in [9.17, 15) is 19.2 Å². The summed E-state index contributed by atoms with van der Waals surface area (Å²) < 4.78 is 4.07. The number of nitrogens with zero attached hydrogens (tertiary/aromatic N) is 6. The average molecular weight is 894 g/mol. The van der Waals surface area contributed by atoms with E-state index in [0.717, 1.165) is 56.3 Å². The first-order chi connectivity index (χ1) is 28.4. The summed E-state index contributed by atoms with van der Waals surface area (Å²) in [5.41, 5.74) is 12.2. The standard InChI is InChI=1S/2C19H21N3O.C4H6O6.C2H6Cl2Si/c2*1-13-5-8-15(9-6-13)19-16(11-18(23)21(3)4)22-12-14(2)7-10-17(22)20-19;5-1(3(7)8)2(6)4(9)10;1-5(2,3)4/h2*5-10,12H,11H2,1-4H3;1-2,5-6H,(H,7,8)(H,9,10);1-2H3. The van der Waals surface area contributed by atoms with Crippen LogP contribution in [-0.4, -0.2) is 120 Å². The van der Waals surface area contributed by atoms with Crippen molar-refractivity contribution >= 4 is 63.9 Å². The molecule has 4 heterocycles. The Labute approximate surface area is 366 Å². The van der Waals surface area contributed by atoms with Gasteiger partial charge in [0.05, 0.1) is 35.6 Å². The fourth-order valence-electron chi connectivity index (χ4n) is 5.49. The first kappa shape index (κ1) is 49.8. The van der Waals surface area contributed by atoms with Crippen LogP contribution in [-0.2, 0) is 32.0 Å². The van der Waals surface area contributed by atoms with E-state index in [0.29, 0.717) is 12.8 Å². The van der Waals surface area contributed by atoms with Gasteiger partial charge in [-0.15, -0.1) is 22.2 Å². The average Bonchev–Trinajstić information content (AvgIpc) is 3.71. The molecule has 0 bridgehead atoms. The lowest BCUT2D eigenvalue weighted by Crippen LogP contribution is -2.39. The number of imidazole rings is 2. The second-order valence-corrected chi connectivity index (χ2v) is 24.1. The lowest BCUT2D eigenvalue weighted by atomic mass is 10.1. The molecule has 0 spiro atoms. The van der Waals surface area contributed by atoms with Gasteiger partial charge in [-0.1, -0.05) is 71.8 Å². The van der Waals surface area contributed by atoms with E-state index in [1.54, 1.807) is 38.0 Å². The SMILES string of the molecule is C[Si](C)(Cl)Cl.Cc1ccc(-c2nc3ccc(C)cn3c2CC(=O)N(C)C)cc1.Cc1ccc(-c2nc3ccc(C)cn3c2CC(=O)N(C)C)cc1.O=C(O)C(O)C(O)C(=O)O. The van der Waals surface area contributed by atoms with Gasteiger partial charge in [-0.05, 0) is 64.0 Å². The van der Waals surface area contributed by atoms with E-state index in [-0.39, 0.29) is 11.8 Å². The maximum atomic E-state index is 12.3. The topological polar surface area (TPSA) is 190 Å². The molecule has 326 valence electrons. The highest BCUT2D eigenvalue weighted by molar-refractivity contribution is 7.44. The number of carbonyl (C=O) groups excluding carboxylic acids is 2. The molecule has 0 fully saturated rings. The van der Waals surface area contributed by atoms with E-state index in [1.165, 1.54) is 11.1 Å². The molecule has 0 radical (unpaired) electrons. The number of benzene rings is 2. The van der Waals surface area contributed by atoms with Gasteiger partial charge in [-0.2, -0.15) is 0 Å². The third kappa shape index (κ3) is 14.8. The molecule has 2 amide bonds. The smallest absolute Gasteiger partial charge is 0.335 e. The zero-order chi connectivity index (χ0) is 45.9. The number of halogens is 2. The van der Waals surface area contributed by atoms with Gasteiger partial charge < -0.3 is 39.0 Å². The minimum absolute atomic E-state index is 0.0710. The van der Waals surface area contributed by atoms with Gasteiger partial charge >= 0.3 is 11.9 Å². The van der Waals surface area contributed by atoms with Crippen molar-refractivity contribution in [1.82, 2.24) is 28.6 Å². The number of fused-ring (bicyclic) bond motifs is 2. The number of carboxylic acids is 2. The van der Waals surface area contributed by atoms with Gasteiger partial charge in [0.1, 0.15) is 11.3 Å². The van der Waals surface area contributed by atoms with Crippen LogP contribution in [0.5, 0.6) is 0 Å². The number of pyridine rings is 2. The first-order valence-electron chi connectivity index (χ1n) is 19.1. The number of aromatic nitrogens is 4. The summed E-state index contributed by atoms with van der Waals surface area (Å²) in [4.78, 5) is 56.8. The number of carboxylic acid groups (broad SMARTS) is 2. The Bertz CT molecular complexity index is 2290. The van der Waals surface area contributed by atoms with Crippen molar-refractivity contribution in [3.8, 4) is 22.5 Å². The molecule has 0 aliphatic rings. The molecular weight excluding hydrogens is 840 g/mol. The molecule has 0 saturated carbocycles.